The Bertz CT molecular complexity index is 747. The largest absolute Gasteiger partial charge is 0.490 e. The maximum absolute atomic E-state index is 12.8. The summed E-state index contributed by atoms with van der Waals surface area (Å²) in [4.78, 5) is 23.9. The first-order valence-electron chi connectivity index (χ1n) is 7.81. The highest BCUT2D eigenvalue weighted by Crippen LogP contribution is 2.30. The SMILES string of the molecule is CCOc1ccc(NC(=O)C(=O)Nc2ccc(F)cc2)cc1OCC. The Labute approximate surface area is 144 Å². The highest BCUT2D eigenvalue weighted by molar-refractivity contribution is 6.43. The van der Waals surface area contributed by atoms with Crippen molar-refractivity contribution < 1.29 is 23.5 Å². The average molecular weight is 346 g/mol. The third-order valence-electron chi connectivity index (χ3n) is 3.11. The van der Waals surface area contributed by atoms with E-state index in [1.54, 1.807) is 18.2 Å². The van der Waals surface area contributed by atoms with E-state index in [4.69, 9.17) is 9.47 Å². The number of ether oxygens (including phenoxy) is 2. The molecule has 0 heterocycles. The van der Waals surface area contributed by atoms with Crippen LogP contribution in [0.3, 0.4) is 0 Å². The summed E-state index contributed by atoms with van der Waals surface area (Å²) in [7, 11) is 0. The molecule has 0 saturated heterocycles. The van der Waals surface area contributed by atoms with E-state index in [0.29, 0.717) is 36.1 Å². The molecule has 132 valence electrons. The van der Waals surface area contributed by atoms with Crippen molar-refractivity contribution in [3.05, 3.63) is 48.3 Å². The lowest BCUT2D eigenvalue weighted by atomic mass is 10.2. The number of carbonyl (C=O) groups excluding carboxylic acids is 2. The minimum absolute atomic E-state index is 0.322. The molecule has 0 aliphatic heterocycles. The normalized spacial score (nSPS) is 10.0. The van der Waals surface area contributed by atoms with Crippen molar-refractivity contribution in [3.63, 3.8) is 0 Å². The molecule has 0 aromatic heterocycles. The fourth-order valence-electron chi connectivity index (χ4n) is 2.04. The molecule has 0 aliphatic carbocycles. The third-order valence-corrected chi connectivity index (χ3v) is 3.11. The van der Waals surface area contributed by atoms with Gasteiger partial charge in [-0.1, -0.05) is 0 Å². The minimum atomic E-state index is -0.863. The summed E-state index contributed by atoms with van der Waals surface area (Å²) >= 11 is 0. The molecule has 0 unspecified atom stereocenters. The number of carbonyl (C=O) groups is 2. The van der Waals surface area contributed by atoms with E-state index in [2.05, 4.69) is 10.6 Å². The summed E-state index contributed by atoms with van der Waals surface area (Å²) < 4.78 is 23.7. The minimum Gasteiger partial charge on any atom is -0.490 e. The molecule has 0 saturated carbocycles. The zero-order chi connectivity index (χ0) is 18.2. The summed E-state index contributed by atoms with van der Waals surface area (Å²) in [6.07, 6.45) is 0. The van der Waals surface area contributed by atoms with Gasteiger partial charge in [-0.2, -0.15) is 0 Å². The van der Waals surface area contributed by atoms with Gasteiger partial charge in [0.2, 0.25) is 0 Å². The number of hydrogen-bond acceptors (Lipinski definition) is 4. The predicted molar refractivity (Wildman–Crippen MR) is 92.4 cm³/mol. The highest BCUT2D eigenvalue weighted by atomic mass is 19.1. The summed E-state index contributed by atoms with van der Waals surface area (Å²) in [5, 5.41) is 4.87. The molecular weight excluding hydrogens is 327 g/mol. The Balaban J connectivity index is 2.04. The fourth-order valence-corrected chi connectivity index (χ4v) is 2.04. The standard InChI is InChI=1S/C18H19FN2O4/c1-3-24-15-10-9-14(11-16(15)25-4-2)21-18(23)17(22)20-13-7-5-12(19)6-8-13/h5-11H,3-4H2,1-2H3,(H,20,22)(H,21,23). The number of nitrogens with one attached hydrogen (secondary N) is 2. The number of anilines is 2. The van der Waals surface area contributed by atoms with Crippen molar-refractivity contribution in [2.45, 2.75) is 13.8 Å². The van der Waals surface area contributed by atoms with Gasteiger partial charge in [-0.15, -0.1) is 0 Å². The van der Waals surface area contributed by atoms with Crippen molar-refractivity contribution in [2.75, 3.05) is 23.8 Å². The van der Waals surface area contributed by atoms with E-state index < -0.39 is 17.6 Å². The van der Waals surface area contributed by atoms with Crippen LogP contribution in [0.5, 0.6) is 11.5 Å². The maximum atomic E-state index is 12.8. The Morgan fingerprint density at radius 3 is 1.96 bits per heavy atom. The maximum Gasteiger partial charge on any atom is 0.314 e. The van der Waals surface area contributed by atoms with Crippen molar-refractivity contribution in [1.29, 1.82) is 0 Å². The van der Waals surface area contributed by atoms with Gasteiger partial charge in [0.15, 0.2) is 11.5 Å². The average Bonchev–Trinajstić information content (AvgIpc) is 2.59. The van der Waals surface area contributed by atoms with Gasteiger partial charge < -0.3 is 20.1 Å². The lowest BCUT2D eigenvalue weighted by molar-refractivity contribution is -0.133. The number of amides is 2. The molecule has 0 bridgehead atoms. The van der Waals surface area contributed by atoms with Gasteiger partial charge >= 0.3 is 11.8 Å². The first-order chi connectivity index (χ1) is 12.0. The number of benzene rings is 2. The Hall–Kier alpha value is -3.09. The third kappa shape index (κ3) is 5.20. The molecule has 0 atom stereocenters. The molecule has 7 heteroatoms. The van der Waals surface area contributed by atoms with Gasteiger partial charge in [0.25, 0.3) is 0 Å². The van der Waals surface area contributed by atoms with Crippen molar-refractivity contribution in [3.8, 4) is 11.5 Å². The van der Waals surface area contributed by atoms with E-state index in [0.717, 1.165) is 0 Å². The van der Waals surface area contributed by atoms with Crippen LogP contribution in [0.25, 0.3) is 0 Å². The monoisotopic (exact) mass is 346 g/mol. The molecule has 0 spiro atoms. The van der Waals surface area contributed by atoms with Crippen LogP contribution in [0.1, 0.15) is 13.8 Å². The summed E-state index contributed by atoms with van der Waals surface area (Å²) in [6, 6.07) is 9.95. The first-order valence-corrected chi connectivity index (χ1v) is 7.81. The van der Waals surface area contributed by atoms with Crippen molar-refractivity contribution in [2.24, 2.45) is 0 Å². The molecule has 6 nitrogen and oxygen atoms in total. The topological polar surface area (TPSA) is 76.7 Å². The van der Waals surface area contributed by atoms with E-state index in [-0.39, 0.29) is 0 Å². The smallest absolute Gasteiger partial charge is 0.314 e. The lowest BCUT2D eigenvalue weighted by Crippen LogP contribution is -2.29. The van der Waals surface area contributed by atoms with E-state index in [1.165, 1.54) is 24.3 Å². The van der Waals surface area contributed by atoms with Crippen LogP contribution in [0, 0.1) is 5.82 Å². The predicted octanol–water partition coefficient (Wildman–Crippen LogP) is 3.20. The van der Waals surface area contributed by atoms with Gasteiger partial charge in [-0.05, 0) is 50.2 Å². The number of hydrogen-bond donors (Lipinski definition) is 2. The first kappa shape index (κ1) is 18.3. The number of rotatable bonds is 6. The van der Waals surface area contributed by atoms with Crippen LogP contribution in [0.4, 0.5) is 15.8 Å². The number of halogens is 1. The van der Waals surface area contributed by atoms with Crippen LogP contribution < -0.4 is 20.1 Å². The summed E-state index contributed by atoms with van der Waals surface area (Å²) in [5.74, 6) is -1.12. The molecule has 25 heavy (non-hydrogen) atoms. The van der Waals surface area contributed by atoms with Gasteiger partial charge in [0.1, 0.15) is 5.82 Å². The van der Waals surface area contributed by atoms with Gasteiger partial charge in [-0.25, -0.2) is 4.39 Å². The Morgan fingerprint density at radius 2 is 1.36 bits per heavy atom. The lowest BCUT2D eigenvalue weighted by Gasteiger charge is -2.13. The second-order valence-electron chi connectivity index (χ2n) is 4.94. The molecule has 2 N–H and O–H groups in total. The summed E-state index contributed by atoms with van der Waals surface area (Å²) in [6.45, 7) is 4.59. The zero-order valence-electron chi connectivity index (χ0n) is 14.0. The molecule has 0 radical (unpaired) electrons. The molecule has 2 aromatic rings. The molecule has 0 aliphatic rings. The zero-order valence-corrected chi connectivity index (χ0v) is 14.0. The quantitative estimate of drug-likeness (QED) is 0.788. The van der Waals surface area contributed by atoms with Crippen LogP contribution >= 0.6 is 0 Å². The van der Waals surface area contributed by atoms with Crippen LogP contribution in [0.2, 0.25) is 0 Å². The van der Waals surface area contributed by atoms with Gasteiger partial charge in [0, 0.05) is 17.4 Å². The van der Waals surface area contributed by atoms with Crippen LogP contribution in [-0.4, -0.2) is 25.0 Å². The molecule has 2 rings (SSSR count). The molecule has 2 amide bonds. The van der Waals surface area contributed by atoms with Crippen molar-refractivity contribution >= 4 is 23.2 Å². The Morgan fingerprint density at radius 1 is 0.840 bits per heavy atom. The van der Waals surface area contributed by atoms with E-state index >= 15 is 0 Å². The van der Waals surface area contributed by atoms with E-state index in [1.807, 2.05) is 13.8 Å². The van der Waals surface area contributed by atoms with Crippen molar-refractivity contribution in [1.82, 2.24) is 0 Å². The van der Waals surface area contributed by atoms with Crippen LogP contribution in [-0.2, 0) is 9.59 Å². The second kappa shape index (κ2) is 8.68. The Kier molecular flexibility index (Phi) is 6.33. The van der Waals surface area contributed by atoms with Gasteiger partial charge in [-0.3, -0.25) is 9.59 Å². The fraction of sp³-hybridized carbons (Fsp3) is 0.222. The summed E-state index contributed by atoms with van der Waals surface area (Å²) in [5.41, 5.74) is 0.717. The molecule has 2 aromatic carbocycles. The molecule has 0 fully saturated rings. The van der Waals surface area contributed by atoms with Crippen LogP contribution in [0.15, 0.2) is 42.5 Å². The van der Waals surface area contributed by atoms with Gasteiger partial charge in [0.05, 0.1) is 13.2 Å². The molecular formula is C18H19FN2O4. The van der Waals surface area contributed by atoms with E-state index in [9.17, 15) is 14.0 Å². The second-order valence-corrected chi connectivity index (χ2v) is 4.94. The highest BCUT2D eigenvalue weighted by Gasteiger charge is 2.15.